The molecule has 0 amide bonds. The molecule has 1 atom stereocenters. The van der Waals surface area contributed by atoms with Gasteiger partial charge in [-0.15, -0.1) is 0 Å². The predicted octanol–water partition coefficient (Wildman–Crippen LogP) is 1.54. The molecule has 0 radical (unpaired) electrons. The molecule has 0 fully saturated rings. The summed E-state index contributed by atoms with van der Waals surface area (Å²) in [7, 11) is 0. The molecular formula is C6H9F3O2. The van der Waals surface area contributed by atoms with Gasteiger partial charge in [0.25, 0.3) is 5.67 Å². The summed E-state index contributed by atoms with van der Waals surface area (Å²) < 4.78 is 41.0. The van der Waals surface area contributed by atoms with Crippen LogP contribution in [0.25, 0.3) is 0 Å². The van der Waals surface area contributed by atoms with Gasteiger partial charge in [0.1, 0.15) is 0 Å². The van der Waals surface area contributed by atoms with Crippen molar-refractivity contribution in [3.05, 3.63) is 0 Å². The van der Waals surface area contributed by atoms with E-state index in [0.717, 1.165) is 0 Å². The molecule has 0 aliphatic carbocycles. The molecule has 0 aliphatic heterocycles. The molecule has 66 valence electrons. The van der Waals surface area contributed by atoms with Crippen LogP contribution in [0.4, 0.5) is 13.2 Å². The van der Waals surface area contributed by atoms with Crippen LogP contribution in [0.2, 0.25) is 0 Å². The second kappa shape index (κ2) is 3.21. The highest BCUT2D eigenvalue weighted by atomic mass is 19.3. The lowest BCUT2D eigenvalue weighted by molar-refractivity contribution is -0.290. The molecule has 0 saturated carbocycles. The fourth-order valence-electron chi connectivity index (χ4n) is 0.391. The lowest BCUT2D eigenvalue weighted by Crippen LogP contribution is -2.45. The van der Waals surface area contributed by atoms with Crippen LogP contribution in [-0.2, 0) is 9.53 Å². The number of hydrogen-bond donors (Lipinski definition) is 0. The average molecular weight is 170 g/mol. The fourth-order valence-corrected chi connectivity index (χ4v) is 0.391. The van der Waals surface area contributed by atoms with E-state index in [1.165, 1.54) is 6.92 Å². The molecule has 0 spiro atoms. The van der Waals surface area contributed by atoms with Crippen LogP contribution < -0.4 is 0 Å². The minimum atomic E-state index is -4.04. The van der Waals surface area contributed by atoms with Crippen LogP contribution >= 0.6 is 0 Å². The Balaban J connectivity index is 4.38. The van der Waals surface area contributed by atoms with Crippen LogP contribution in [0.1, 0.15) is 13.8 Å². The molecule has 2 nitrogen and oxygen atoms in total. The lowest BCUT2D eigenvalue weighted by Gasteiger charge is -2.23. The molecule has 0 bridgehead atoms. The number of alkyl halides is 3. The quantitative estimate of drug-likeness (QED) is 0.598. The smallest absolute Gasteiger partial charge is 0.318 e. The first kappa shape index (κ1) is 10.4. The molecule has 5 heteroatoms. The van der Waals surface area contributed by atoms with Gasteiger partial charge in [-0.3, -0.25) is 4.79 Å². The number of hydrogen-bond acceptors (Lipinski definition) is 2. The van der Waals surface area contributed by atoms with Crippen LogP contribution in [0.15, 0.2) is 0 Å². The summed E-state index contributed by atoms with van der Waals surface area (Å²) in [6.45, 7) is 1.41. The highest BCUT2D eigenvalue weighted by Crippen LogP contribution is 2.31. The second-order valence-corrected chi connectivity index (χ2v) is 2.14. The molecule has 0 rings (SSSR count). The van der Waals surface area contributed by atoms with Crippen molar-refractivity contribution in [1.82, 2.24) is 0 Å². The van der Waals surface area contributed by atoms with Gasteiger partial charge >= 0.3 is 6.11 Å². The minimum Gasteiger partial charge on any atom is -0.318 e. The van der Waals surface area contributed by atoms with E-state index in [2.05, 4.69) is 4.74 Å². The molecule has 0 saturated heterocycles. The monoisotopic (exact) mass is 170 g/mol. The third-order valence-corrected chi connectivity index (χ3v) is 1.12. The number of aldehydes is 1. The third-order valence-electron chi connectivity index (χ3n) is 1.12. The van der Waals surface area contributed by atoms with Gasteiger partial charge in [0, 0.05) is 0 Å². The molecule has 0 heterocycles. The van der Waals surface area contributed by atoms with Crippen molar-refractivity contribution in [2.75, 3.05) is 6.61 Å². The molecule has 0 aromatic carbocycles. The van der Waals surface area contributed by atoms with Crippen molar-refractivity contribution in [3.63, 3.8) is 0 Å². The number of ether oxygens (including phenoxy) is 1. The number of rotatable bonds is 4. The number of carbonyl (C=O) groups is 1. The van der Waals surface area contributed by atoms with Crippen LogP contribution in [0, 0.1) is 0 Å². The summed E-state index contributed by atoms with van der Waals surface area (Å²) >= 11 is 0. The van der Waals surface area contributed by atoms with E-state index in [1.807, 2.05) is 0 Å². The molecule has 1 unspecified atom stereocenters. The van der Waals surface area contributed by atoms with E-state index in [-0.39, 0.29) is 6.61 Å². The largest absolute Gasteiger partial charge is 0.396 e. The molecule has 0 aliphatic rings. The third kappa shape index (κ3) is 2.18. The Morgan fingerprint density at radius 1 is 1.45 bits per heavy atom. The Labute approximate surface area is 62.3 Å². The average Bonchev–Trinajstić information content (AvgIpc) is 1.87. The Morgan fingerprint density at radius 2 is 1.91 bits per heavy atom. The Morgan fingerprint density at radius 3 is 2.18 bits per heavy atom. The predicted molar refractivity (Wildman–Crippen MR) is 32.1 cm³/mol. The van der Waals surface area contributed by atoms with Gasteiger partial charge in [0.2, 0.25) is 0 Å². The molecule has 0 aromatic heterocycles. The van der Waals surface area contributed by atoms with Gasteiger partial charge in [-0.05, 0) is 13.8 Å². The van der Waals surface area contributed by atoms with Crippen LogP contribution in [-0.4, -0.2) is 24.7 Å². The standard InChI is InChI=1S/C6H9F3O2/c1-3-11-6(8,9)5(2,7)4-10/h4H,3H2,1-2H3. The van der Waals surface area contributed by atoms with Crippen molar-refractivity contribution >= 4 is 6.29 Å². The van der Waals surface area contributed by atoms with E-state index in [4.69, 9.17) is 0 Å². The number of halogens is 3. The zero-order chi connectivity index (χ0) is 9.12. The zero-order valence-corrected chi connectivity index (χ0v) is 6.23. The van der Waals surface area contributed by atoms with Crippen molar-refractivity contribution in [3.8, 4) is 0 Å². The van der Waals surface area contributed by atoms with Gasteiger partial charge in [0.05, 0.1) is 6.61 Å². The second-order valence-electron chi connectivity index (χ2n) is 2.14. The SMILES string of the molecule is CCOC(F)(F)C(C)(F)C=O. The van der Waals surface area contributed by atoms with Crippen molar-refractivity contribution in [2.24, 2.45) is 0 Å². The summed E-state index contributed by atoms with van der Waals surface area (Å²) in [5.41, 5.74) is -3.25. The molecule has 11 heavy (non-hydrogen) atoms. The summed E-state index contributed by atoms with van der Waals surface area (Å²) in [4.78, 5) is 9.81. The maximum Gasteiger partial charge on any atom is 0.396 e. The fraction of sp³-hybridized carbons (Fsp3) is 0.833. The first-order valence-corrected chi connectivity index (χ1v) is 3.04. The lowest BCUT2D eigenvalue weighted by atomic mass is 10.1. The highest BCUT2D eigenvalue weighted by Gasteiger charge is 2.52. The van der Waals surface area contributed by atoms with Crippen molar-refractivity contribution in [2.45, 2.75) is 25.6 Å². The first-order valence-electron chi connectivity index (χ1n) is 3.04. The minimum absolute atomic E-state index is 0.347. The maximum absolute atomic E-state index is 12.5. The van der Waals surface area contributed by atoms with Gasteiger partial charge in [-0.25, -0.2) is 4.39 Å². The Bertz CT molecular complexity index is 145. The van der Waals surface area contributed by atoms with Gasteiger partial charge in [0.15, 0.2) is 6.29 Å². The van der Waals surface area contributed by atoms with E-state index < -0.39 is 18.1 Å². The van der Waals surface area contributed by atoms with Crippen LogP contribution in [0.5, 0.6) is 0 Å². The van der Waals surface area contributed by atoms with Gasteiger partial charge < -0.3 is 4.74 Å². The van der Waals surface area contributed by atoms with Gasteiger partial charge in [-0.2, -0.15) is 8.78 Å². The summed E-state index contributed by atoms with van der Waals surface area (Å²) in [5.74, 6) is 0. The maximum atomic E-state index is 12.5. The first-order chi connectivity index (χ1) is 4.87. The van der Waals surface area contributed by atoms with E-state index in [0.29, 0.717) is 6.92 Å². The van der Waals surface area contributed by atoms with Crippen molar-refractivity contribution < 1.29 is 22.7 Å². The Kier molecular flexibility index (Phi) is 3.04. The van der Waals surface area contributed by atoms with E-state index in [9.17, 15) is 18.0 Å². The Hall–Kier alpha value is -0.580. The van der Waals surface area contributed by atoms with Crippen LogP contribution in [0.3, 0.4) is 0 Å². The molecule has 0 aromatic rings. The van der Waals surface area contributed by atoms with E-state index in [1.54, 1.807) is 0 Å². The summed E-state index contributed by atoms with van der Waals surface area (Å²) in [5, 5.41) is 0. The normalized spacial score (nSPS) is 17.5. The molecular weight excluding hydrogens is 161 g/mol. The molecule has 0 N–H and O–H groups in total. The zero-order valence-electron chi connectivity index (χ0n) is 6.23. The van der Waals surface area contributed by atoms with Crippen molar-refractivity contribution in [1.29, 1.82) is 0 Å². The summed E-state index contributed by atoms with van der Waals surface area (Å²) in [6, 6.07) is 0. The number of carbonyl (C=O) groups excluding carboxylic acids is 1. The van der Waals surface area contributed by atoms with E-state index >= 15 is 0 Å². The highest BCUT2D eigenvalue weighted by molar-refractivity contribution is 5.62. The topological polar surface area (TPSA) is 26.3 Å². The van der Waals surface area contributed by atoms with Gasteiger partial charge in [-0.1, -0.05) is 0 Å². The summed E-state index contributed by atoms with van der Waals surface area (Å²) in [6.07, 6.45) is -4.51.